The van der Waals surface area contributed by atoms with Crippen LogP contribution in [0.5, 0.6) is 5.75 Å². The fourth-order valence-corrected chi connectivity index (χ4v) is 1.59. The van der Waals surface area contributed by atoms with Crippen LogP contribution in [-0.4, -0.2) is 14.2 Å². The smallest absolute Gasteiger partial charge is 0.128 e. The highest BCUT2D eigenvalue weighted by Gasteiger charge is 2.02. The van der Waals surface area contributed by atoms with E-state index in [1.807, 2.05) is 25.2 Å². The summed E-state index contributed by atoms with van der Waals surface area (Å²) in [6.45, 7) is 0. The Kier molecular flexibility index (Phi) is 2.27. The molecule has 0 unspecified atom stereocenters. The predicted octanol–water partition coefficient (Wildman–Crippen LogP) is 2.89. The number of rotatable bonds is 2. The predicted molar refractivity (Wildman–Crippen MR) is 60.0 cm³/mol. The van der Waals surface area contributed by atoms with E-state index in [-0.39, 0.29) is 0 Å². The van der Waals surface area contributed by atoms with Crippen molar-refractivity contribution >= 4 is 16.5 Å². The lowest BCUT2D eigenvalue weighted by atomic mass is 10.1. The van der Waals surface area contributed by atoms with Gasteiger partial charge in [0.05, 0.1) is 7.11 Å². The number of hydrogen-bond acceptors (Lipinski definition) is 2. The number of fused-ring (bicyclic) bond motifs is 1. The summed E-state index contributed by atoms with van der Waals surface area (Å²) < 4.78 is 5.33. The molecule has 0 radical (unpaired) electrons. The van der Waals surface area contributed by atoms with E-state index >= 15 is 0 Å². The fraction of sp³-hybridized carbons (Fsp3) is 0.167. The van der Waals surface area contributed by atoms with Crippen LogP contribution in [0, 0.1) is 0 Å². The Bertz CT molecular complexity index is 451. The maximum Gasteiger partial charge on any atom is 0.128 e. The first-order valence-electron chi connectivity index (χ1n) is 4.59. The van der Waals surface area contributed by atoms with E-state index in [2.05, 4.69) is 23.5 Å². The van der Waals surface area contributed by atoms with Gasteiger partial charge in [0, 0.05) is 24.2 Å². The average Bonchev–Trinajstić information content (AvgIpc) is 2.27. The quantitative estimate of drug-likeness (QED) is 0.780. The van der Waals surface area contributed by atoms with Gasteiger partial charge in [0.25, 0.3) is 0 Å². The molecule has 2 nitrogen and oxygen atoms in total. The summed E-state index contributed by atoms with van der Waals surface area (Å²) in [5.41, 5.74) is 1.07. The first-order valence-corrected chi connectivity index (χ1v) is 4.59. The Hall–Kier alpha value is -1.70. The maximum absolute atomic E-state index is 5.33. The van der Waals surface area contributed by atoms with Gasteiger partial charge in [-0.25, -0.2) is 0 Å². The molecule has 2 heteroatoms. The second-order valence-electron chi connectivity index (χ2n) is 3.15. The highest BCUT2D eigenvalue weighted by atomic mass is 16.5. The topological polar surface area (TPSA) is 21.3 Å². The lowest BCUT2D eigenvalue weighted by Gasteiger charge is -2.08. The molecule has 72 valence electrons. The largest absolute Gasteiger partial charge is 0.496 e. The number of benzene rings is 2. The van der Waals surface area contributed by atoms with Crippen molar-refractivity contribution in [2.75, 3.05) is 19.5 Å². The normalized spacial score (nSPS) is 10.1. The van der Waals surface area contributed by atoms with Crippen LogP contribution in [0.2, 0.25) is 0 Å². The molecule has 0 heterocycles. The van der Waals surface area contributed by atoms with Gasteiger partial charge in [-0.05, 0) is 11.5 Å². The van der Waals surface area contributed by atoms with Crippen molar-refractivity contribution in [3.05, 3.63) is 36.4 Å². The van der Waals surface area contributed by atoms with Crippen LogP contribution in [0.3, 0.4) is 0 Å². The van der Waals surface area contributed by atoms with Gasteiger partial charge < -0.3 is 10.1 Å². The molecule has 0 amide bonds. The van der Waals surface area contributed by atoms with Gasteiger partial charge in [-0.3, -0.25) is 0 Å². The van der Waals surface area contributed by atoms with E-state index < -0.39 is 0 Å². The molecule has 0 saturated carbocycles. The molecule has 0 spiro atoms. The Morgan fingerprint density at radius 2 is 1.93 bits per heavy atom. The SMILES string of the molecule is CNc1cc(OC)c2ccccc2c1. The zero-order valence-corrected chi connectivity index (χ0v) is 8.37. The van der Waals surface area contributed by atoms with Crippen LogP contribution >= 0.6 is 0 Å². The number of ether oxygens (including phenoxy) is 1. The van der Waals surface area contributed by atoms with Gasteiger partial charge in [0.15, 0.2) is 0 Å². The van der Waals surface area contributed by atoms with E-state index in [1.54, 1.807) is 7.11 Å². The van der Waals surface area contributed by atoms with E-state index in [0.717, 1.165) is 16.8 Å². The van der Waals surface area contributed by atoms with Crippen molar-refractivity contribution in [1.29, 1.82) is 0 Å². The molecule has 0 aliphatic rings. The summed E-state index contributed by atoms with van der Waals surface area (Å²) in [7, 11) is 3.60. The molecule has 2 aromatic carbocycles. The van der Waals surface area contributed by atoms with Gasteiger partial charge in [0.1, 0.15) is 5.75 Å². The molecule has 0 fully saturated rings. The average molecular weight is 187 g/mol. The van der Waals surface area contributed by atoms with Crippen molar-refractivity contribution in [2.45, 2.75) is 0 Å². The summed E-state index contributed by atoms with van der Waals surface area (Å²) in [5.74, 6) is 0.910. The number of hydrogen-bond donors (Lipinski definition) is 1. The van der Waals surface area contributed by atoms with E-state index in [4.69, 9.17) is 4.74 Å². The fourth-order valence-electron chi connectivity index (χ4n) is 1.59. The van der Waals surface area contributed by atoms with E-state index in [9.17, 15) is 0 Å². The van der Waals surface area contributed by atoms with Gasteiger partial charge in [0.2, 0.25) is 0 Å². The standard InChI is InChI=1S/C12H13NO/c1-13-10-7-9-5-3-4-6-11(9)12(8-10)14-2/h3-8,13H,1-2H3. The van der Waals surface area contributed by atoms with Crippen LogP contribution in [-0.2, 0) is 0 Å². The Labute approximate surface area is 83.5 Å². The monoisotopic (exact) mass is 187 g/mol. The molecule has 0 atom stereocenters. The first-order chi connectivity index (χ1) is 6.85. The second-order valence-corrected chi connectivity index (χ2v) is 3.15. The van der Waals surface area contributed by atoms with E-state index in [1.165, 1.54) is 5.39 Å². The molecular formula is C12H13NO. The highest BCUT2D eigenvalue weighted by Crippen LogP contribution is 2.29. The van der Waals surface area contributed by atoms with Crippen molar-refractivity contribution in [3.8, 4) is 5.75 Å². The number of anilines is 1. The van der Waals surface area contributed by atoms with Crippen molar-refractivity contribution in [1.82, 2.24) is 0 Å². The molecular weight excluding hydrogens is 174 g/mol. The third kappa shape index (κ3) is 1.39. The van der Waals surface area contributed by atoms with Gasteiger partial charge in [-0.2, -0.15) is 0 Å². The minimum Gasteiger partial charge on any atom is -0.496 e. The summed E-state index contributed by atoms with van der Waals surface area (Å²) in [5, 5.41) is 5.45. The summed E-state index contributed by atoms with van der Waals surface area (Å²) in [6.07, 6.45) is 0. The Morgan fingerprint density at radius 3 is 2.64 bits per heavy atom. The van der Waals surface area contributed by atoms with Crippen LogP contribution in [0.1, 0.15) is 0 Å². The minimum atomic E-state index is 0.910. The molecule has 0 saturated heterocycles. The lowest BCUT2D eigenvalue weighted by Crippen LogP contribution is -1.91. The molecule has 0 bridgehead atoms. The summed E-state index contributed by atoms with van der Waals surface area (Å²) >= 11 is 0. The third-order valence-corrected chi connectivity index (χ3v) is 2.33. The molecule has 2 rings (SSSR count). The molecule has 0 aromatic heterocycles. The van der Waals surface area contributed by atoms with Crippen LogP contribution < -0.4 is 10.1 Å². The minimum absolute atomic E-state index is 0.910. The van der Waals surface area contributed by atoms with Gasteiger partial charge >= 0.3 is 0 Å². The molecule has 0 aliphatic carbocycles. The third-order valence-electron chi connectivity index (χ3n) is 2.33. The number of nitrogens with one attached hydrogen (secondary N) is 1. The van der Waals surface area contributed by atoms with Gasteiger partial charge in [-0.15, -0.1) is 0 Å². The second kappa shape index (κ2) is 3.58. The maximum atomic E-state index is 5.33. The summed E-state index contributed by atoms with van der Waals surface area (Å²) in [6, 6.07) is 12.3. The molecule has 2 aromatic rings. The van der Waals surface area contributed by atoms with Crippen LogP contribution in [0.4, 0.5) is 5.69 Å². The van der Waals surface area contributed by atoms with Crippen molar-refractivity contribution in [2.24, 2.45) is 0 Å². The first kappa shape index (κ1) is 8.88. The lowest BCUT2D eigenvalue weighted by molar-refractivity contribution is 0.420. The summed E-state index contributed by atoms with van der Waals surface area (Å²) in [4.78, 5) is 0. The Balaban J connectivity index is 2.73. The molecule has 1 N–H and O–H groups in total. The van der Waals surface area contributed by atoms with E-state index in [0.29, 0.717) is 0 Å². The van der Waals surface area contributed by atoms with Gasteiger partial charge in [-0.1, -0.05) is 24.3 Å². The van der Waals surface area contributed by atoms with Crippen LogP contribution in [0.15, 0.2) is 36.4 Å². The zero-order chi connectivity index (χ0) is 9.97. The van der Waals surface area contributed by atoms with Crippen molar-refractivity contribution in [3.63, 3.8) is 0 Å². The molecule has 0 aliphatic heterocycles. The van der Waals surface area contributed by atoms with Crippen molar-refractivity contribution < 1.29 is 4.74 Å². The number of methoxy groups -OCH3 is 1. The Morgan fingerprint density at radius 1 is 1.14 bits per heavy atom. The molecule has 14 heavy (non-hydrogen) atoms. The highest BCUT2D eigenvalue weighted by molar-refractivity contribution is 5.91. The zero-order valence-electron chi connectivity index (χ0n) is 8.37. The van der Waals surface area contributed by atoms with Crippen LogP contribution in [0.25, 0.3) is 10.8 Å².